The normalized spacial score (nSPS) is 9.90. The molecule has 0 bridgehead atoms. The molecule has 0 aliphatic carbocycles. The zero-order valence-electron chi connectivity index (χ0n) is 11.4. The Hall–Kier alpha value is 0.200. The first kappa shape index (κ1) is 22.5. The number of rotatable bonds is 6. The Bertz CT molecular complexity index is 545. The minimum Gasteiger partial charge on any atom is -0.716 e. The largest absolute Gasteiger partial charge is 1.00 e. The van der Waals surface area contributed by atoms with Gasteiger partial charge in [-0.3, -0.25) is 0 Å². The van der Waals surface area contributed by atoms with Gasteiger partial charge in [0.1, 0.15) is 0 Å². The van der Waals surface area contributed by atoms with Crippen LogP contribution in [0, 0.1) is 0 Å². The number of carboxylic acid groups (broad SMARTS) is 1. The summed E-state index contributed by atoms with van der Waals surface area (Å²) in [7, 11) is -3.64. The molecule has 0 aromatic heterocycles. The Morgan fingerprint density at radius 2 is 1.85 bits per heavy atom. The van der Waals surface area contributed by atoms with Gasteiger partial charge in [0.25, 0.3) is 10.4 Å². The third-order valence-electron chi connectivity index (χ3n) is 2.04. The van der Waals surface area contributed by atoms with Crippen molar-refractivity contribution in [3.63, 3.8) is 0 Å². The predicted octanol–water partition coefficient (Wildman–Crippen LogP) is -6.78. The first-order valence-electron chi connectivity index (χ1n) is 4.84. The molecule has 0 aliphatic heterocycles. The van der Waals surface area contributed by atoms with Crippen LogP contribution >= 0.6 is 0 Å². The number of carbonyl (C=O) groups is 1. The zero-order valence-corrected chi connectivity index (χ0v) is 16.2. The average Bonchev–Trinajstić information content (AvgIpc) is 2.24. The van der Waals surface area contributed by atoms with Gasteiger partial charge in [-0.25, -0.2) is 8.42 Å². The predicted molar refractivity (Wildman–Crippen MR) is 56.6 cm³/mol. The van der Waals surface area contributed by atoms with E-state index in [0.29, 0.717) is 5.56 Å². The standard InChI is InChI=1S/C10H12O7S.2Na/c1-16-8-4-2-7(3-5-10(11)12)6-9(8)17-18(13,14)15;;/h2,4,6H,3,5H2,1H3,(H,11,12)(H,13,14,15);;/q;2*+1/p-2. The molecule has 1 aromatic rings. The fourth-order valence-corrected chi connectivity index (χ4v) is 1.65. The van der Waals surface area contributed by atoms with Crippen LogP contribution in [0.5, 0.6) is 11.5 Å². The van der Waals surface area contributed by atoms with Crippen LogP contribution in [-0.4, -0.2) is 26.0 Å². The zero-order chi connectivity index (χ0) is 13.8. The molecule has 0 radical (unpaired) electrons. The summed E-state index contributed by atoms with van der Waals surface area (Å²) in [5, 5.41) is 10.3. The topological polar surface area (TPSA) is 116 Å². The van der Waals surface area contributed by atoms with E-state index in [1.54, 1.807) is 0 Å². The summed E-state index contributed by atoms with van der Waals surface area (Å²) in [6.45, 7) is 0. The Morgan fingerprint density at radius 3 is 2.30 bits per heavy atom. The van der Waals surface area contributed by atoms with E-state index >= 15 is 0 Å². The van der Waals surface area contributed by atoms with Crippen molar-refractivity contribution in [2.45, 2.75) is 12.8 Å². The number of benzene rings is 1. The van der Waals surface area contributed by atoms with E-state index in [4.69, 9.17) is 4.74 Å². The monoisotopic (exact) mass is 320 g/mol. The number of ether oxygens (including phenoxy) is 1. The summed E-state index contributed by atoms with van der Waals surface area (Å²) >= 11 is 0. The molecule has 0 heterocycles. The third kappa shape index (κ3) is 8.48. The fourth-order valence-electron chi connectivity index (χ4n) is 1.30. The molecular weight excluding hydrogens is 310 g/mol. The van der Waals surface area contributed by atoms with Gasteiger partial charge >= 0.3 is 59.1 Å². The molecule has 0 fully saturated rings. The van der Waals surface area contributed by atoms with Crippen LogP contribution in [0.15, 0.2) is 18.2 Å². The fraction of sp³-hybridized carbons (Fsp3) is 0.300. The second kappa shape index (κ2) is 10.0. The molecule has 0 aliphatic rings. The molecule has 1 rings (SSSR count). The molecule has 10 heteroatoms. The van der Waals surface area contributed by atoms with Crippen molar-refractivity contribution >= 4 is 16.4 Å². The van der Waals surface area contributed by atoms with Crippen LogP contribution in [0.3, 0.4) is 0 Å². The Labute approximate surface area is 161 Å². The molecule has 0 spiro atoms. The van der Waals surface area contributed by atoms with Gasteiger partial charge in [-0.2, -0.15) is 0 Å². The molecule has 0 saturated carbocycles. The van der Waals surface area contributed by atoms with E-state index in [9.17, 15) is 22.9 Å². The summed E-state index contributed by atoms with van der Waals surface area (Å²) in [6.07, 6.45) is -0.0997. The van der Waals surface area contributed by atoms with Crippen molar-refractivity contribution in [2.24, 2.45) is 0 Å². The number of carboxylic acids is 1. The molecule has 1 aromatic carbocycles. The quantitative estimate of drug-likeness (QED) is 0.290. The second-order valence-electron chi connectivity index (χ2n) is 3.35. The van der Waals surface area contributed by atoms with Crippen LogP contribution in [0.4, 0.5) is 0 Å². The average molecular weight is 320 g/mol. The second-order valence-corrected chi connectivity index (χ2v) is 4.33. The Balaban J connectivity index is 0. The van der Waals surface area contributed by atoms with Gasteiger partial charge in [0.15, 0.2) is 11.5 Å². The smallest absolute Gasteiger partial charge is 0.716 e. The Kier molecular flexibility index (Phi) is 11.3. The van der Waals surface area contributed by atoms with E-state index in [0.717, 1.165) is 0 Å². The van der Waals surface area contributed by atoms with Gasteiger partial charge in [0, 0.05) is 5.97 Å². The first-order valence-corrected chi connectivity index (χ1v) is 6.17. The van der Waals surface area contributed by atoms with E-state index in [1.165, 1.54) is 25.3 Å². The Morgan fingerprint density at radius 1 is 1.25 bits per heavy atom. The van der Waals surface area contributed by atoms with Gasteiger partial charge in [0.2, 0.25) is 0 Å². The summed E-state index contributed by atoms with van der Waals surface area (Å²) in [6, 6.07) is 4.15. The molecule has 0 saturated heterocycles. The summed E-state index contributed by atoms with van der Waals surface area (Å²) in [5.74, 6) is -1.44. The van der Waals surface area contributed by atoms with E-state index < -0.39 is 16.4 Å². The maximum absolute atomic E-state index is 10.5. The van der Waals surface area contributed by atoms with Gasteiger partial charge in [0.05, 0.1) is 7.11 Å². The maximum Gasteiger partial charge on any atom is 1.00 e. The number of hydrogen-bond donors (Lipinski definition) is 0. The van der Waals surface area contributed by atoms with Crippen molar-refractivity contribution in [1.29, 1.82) is 0 Å². The van der Waals surface area contributed by atoms with Crippen molar-refractivity contribution in [3.05, 3.63) is 23.8 Å². The van der Waals surface area contributed by atoms with Crippen molar-refractivity contribution < 1.29 is 90.9 Å². The number of methoxy groups -OCH3 is 1. The first-order chi connectivity index (χ1) is 8.31. The third-order valence-corrected chi connectivity index (χ3v) is 2.42. The molecule has 0 atom stereocenters. The van der Waals surface area contributed by atoms with Gasteiger partial charge < -0.3 is 23.4 Å². The summed E-state index contributed by atoms with van der Waals surface area (Å²) < 4.78 is 40.5. The number of hydrogen-bond acceptors (Lipinski definition) is 7. The minimum absolute atomic E-state index is 0. The van der Waals surface area contributed by atoms with E-state index in [-0.39, 0.29) is 83.5 Å². The molecule has 7 nitrogen and oxygen atoms in total. The van der Waals surface area contributed by atoms with Gasteiger partial charge in [-0.05, 0) is 30.5 Å². The van der Waals surface area contributed by atoms with E-state index in [2.05, 4.69) is 4.18 Å². The van der Waals surface area contributed by atoms with Crippen molar-refractivity contribution in [3.8, 4) is 11.5 Å². The van der Waals surface area contributed by atoms with Crippen LogP contribution in [0.1, 0.15) is 12.0 Å². The van der Waals surface area contributed by atoms with Crippen LogP contribution in [0.25, 0.3) is 0 Å². The maximum atomic E-state index is 10.5. The van der Waals surface area contributed by atoms with Crippen LogP contribution in [0.2, 0.25) is 0 Å². The number of aryl methyl sites for hydroxylation is 1. The number of aliphatic carboxylic acids is 1. The molecule has 0 N–H and O–H groups in total. The molecule has 0 unspecified atom stereocenters. The van der Waals surface area contributed by atoms with Crippen LogP contribution < -0.4 is 73.1 Å². The van der Waals surface area contributed by atoms with Crippen LogP contribution in [-0.2, 0) is 21.6 Å². The number of carbonyl (C=O) groups excluding carboxylic acids is 1. The van der Waals surface area contributed by atoms with Crippen molar-refractivity contribution in [2.75, 3.05) is 7.11 Å². The summed E-state index contributed by atoms with van der Waals surface area (Å²) in [5.41, 5.74) is 0.485. The molecule has 0 amide bonds. The minimum atomic E-state index is -4.92. The van der Waals surface area contributed by atoms with E-state index in [1.807, 2.05) is 0 Å². The molecule has 20 heavy (non-hydrogen) atoms. The van der Waals surface area contributed by atoms with Gasteiger partial charge in [-0.1, -0.05) is 6.07 Å². The SMILES string of the molecule is COc1ccc(CCC(=O)[O-])cc1OS(=O)(=O)[O-].[Na+].[Na+]. The molecule has 100 valence electrons. The molecular formula is C10H10Na2O7S. The van der Waals surface area contributed by atoms with Crippen molar-refractivity contribution in [1.82, 2.24) is 0 Å². The van der Waals surface area contributed by atoms with Gasteiger partial charge in [-0.15, -0.1) is 0 Å². The summed E-state index contributed by atoms with van der Waals surface area (Å²) in [4.78, 5) is 10.3.